The maximum atomic E-state index is 5.83. The lowest BCUT2D eigenvalue weighted by Crippen LogP contribution is -2.14. The van der Waals surface area contributed by atoms with Crippen LogP contribution in [0.1, 0.15) is 51.0 Å². The molecule has 102 valence electrons. The van der Waals surface area contributed by atoms with Crippen LogP contribution in [-0.2, 0) is 6.54 Å². The molecular formula is C15H25IN2. The van der Waals surface area contributed by atoms with Crippen LogP contribution in [0.2, 0.25) is 0 Å². The SMILES string of the molecule is CCCCCCCCNCc1cc(N)cc(I)c1. The number of hydrogen-bond acceptors (Lipinski definition) is 2. The molecule has 0 bridgehead atoms. The van der Waals surface area contributed by atoms with Gasteiger partial charge >= 0.3 is 0 Å². The van der Waals surface area contributed by atoms with Crippen LogP contribution in [0.15, 0.2) is 18.2 Å². The van der Waals surface area contributed by atoms with Crippen LogP contribution in [0, 0.1) is 3.57 Å². The summed E-state index contributed by atoms with van der Waals surface area (Å²) in [4.78, 5) is 0. The third-order valence-corrected chi connectivity index (χ3v) is 3.64. The Labute approximate surface area is 125 Å². The highest BCUT2D eigenvalue weighted by Crippen LogP contribution is 2.13. The highest BCUT2D eigenvalue weighted by molar-refractivity contribution is 14.1. The van der Waals surface area contributed by atoms with Gasteiger partial charge < -0.3 is 11.1 Å². The molecule has 18 heavy (non-hydrogen) atoms. The normalized spacial score (nSPS) is 10.8. The van der Waals surface area contributed by atoms with Crippen molar-refractivity contribution in [2.24, 2.45) is 0 Å². The van der Waals surface area contributed by atoms with Crippen molar-refractivity contribution in [3.05, 3.63) is 27.3 Å². The Morgan fingerprint density at radius 2 is 1.78 bits per heavy atom. The zero-order valence-electron chi connectivity index (χ0n) is 11.3. The van der Waals surface area contributed by atoms with E-state index in [-0.39, 0.29) is 0 Å². The number of nitrogens with one attached hydrogen (secondary N) is 1. The molecule has 2 nitrogen and oxygen atoms in total. The third-order valence-electron chi connectivity index (χ3n) is 3.02. The van der Waals surface area contributed by atoms with E-state index in [1.165, 1.54) is 47.7 Å². The van der Waals surface area contributed by atoms with Gasteiger partial charge in [0, 0.05) is 15.8 Å². The van der Waals surface area contributed by atoms with Gasteiger partial charge in [-0.15, -0.1) is 0 Å². The Bertz CT molecular complexity index is 319. The van der Waals surface area contributed by atoms with Gasteiger partial charge in [0.2, 0.25) is 0 Å². The lowest BCUT2D eigenvalue weighted by Gasteiger charge is -2.06. The van der Waals surface area contributed by atoms with E-state index in [1.807, 2.05) is 6.07 Å². The molecular weight excluding hydrogens is 335 g/mol. The topological polar surface area (TPSA) is 38.0 Å². The van der Waals surface area contributed by atoms with Gasteiger partial charge in [-0.05, 0) is 59.3 Å². The number of rotatable bonds is 9. The molecule has 0 atom stereocenters. The Hall–Kier alpha value is -0.290. The predicted octanol–water partition coefficient (Wildman–Crippen LogP) is 4.32. The smallest absolute Gasteiger partial charge is 0.0327 e. The summed E-state index contributed by atoms with van der Waals surface area (Å²) in [5.41, 5.74) is 7.97. The molecule has 1 aromatic rings. The minimum atomic E-state index is 0.860. The average molecular weight is 360 g/mol. The molecule has 0 unspecified atom stereocenters. The maximum Gasteiger partial charge on any atom is 0.0327 e. The summed E-state index contributed by atoms with van der Waals surface area (Å²) < 4.78 is 1.21. The molecule has 0 amide bonds. The number of anilines is 1. The Balaban J connectivity index is 2.07. The average Bonchev–Trinajstić information content (AvgIpc) is 2.31. The predicted molar refractivity (Wildman–Crippen MR) is 88.7 cm³/mol. The first-order valence-corrected chi connectivity index (χ1v) is 8.06. The zero-order chi connectivity index (χ0) is 13.2. The van der Waals surface area contributed by atoms with Crippen molar-refractivity contribution in [2.45, 2.75) is 52.0 Å². The number of hydrogen-bond donors (Lipinski definition) is 2. The van der Waals surface area contributed by atoms with Crippen LogP contribution in [0.25, 0.3) is 0 Å². The van der Waals surface area contributed by atoms with E-state index < -0.39 is 0 Å². The Kier molecular flexibility index (Phi) is 8.42. The number of halogens is 1. The largest absolute Gasteiger partial charge is 0.399 e. The van der Waals surface area contributed by atoms with E-state index in [4.69, 9.17) is 5.73 Å². The first kappa shape index (κ1) is 15.8. The van der Waals surface area contributed by atoms with E-state index in [1.54, 1.807) is 0 Å². The second-order valence-corrected chi connectivity index (χ2v) is 6.08. The second kappa shape index (κ2) is 9.62. The minimum Gasteiger partial charge on any atom is -0.399 e. The van der Waals surface area contributed by atoms with Gasteiger partial charge in [-0.1, -0.05) is 39.0 Å². The van der Waals surface area contributed by atoms with Gasteiger partial charge in [-0.3, -0.25) is 0 Å². The molecule has 0 heterocycles. The molecule has 0 aliphatic heterocycles. The van der Waals surface area contributed by atoms with Crippen molar-refractivity contribution in [3.8, 4) is 0 Å². The number of nitrogen functional groups attached to an aromatic ring is 1. The van der Waals surface area contributed by atoms with Gasteiger partial charge in [0.15, 0.2) is 0 Å². The second-order valence-electron chi connectivity index (χ2n) is 4.84. The third kappa shape index (κ3) is 7.21. The highest BCUT2D eigenvalue weighted by atomic mass is 127. The molecule has 0 spiro atoms. The maximum absolute atomic E-state index is 5.83. The fourth-order valence-electron chi connectivity index (χ4n) is 2.04. The van der Waals surface area contributed by atoms with Crippen LogP contribution in [-0.4, -0.2) is 6.54 Å². The van der Waals surface area contributed by atoms with E-state index >= 15 is 0 Å². The molecule has 3 heteroatoms. The molecule has 1 rings (SSSR count). The summed E-state index contributed by atoms with van der Waals surface area (Å²) in [6.45, 7) is 4.29. The van der Waals surface area contributed by atoms with Crippen molar-refractivity contribution in [1.29, 1.82) is 0 Å². The van der Waals surface area contributed by atoms with Crippen LogP contribution in [0.3, 0.4) is 0 Å². The quantitative estimate of drug-likeness (QED) is 0.391. The number of benzene rings is 1. The molecule has 0 aliphatic rings. The van der Waals surface area contributed by atoms with Gasteiger partial charge in [-0.25, -0.2) is 0 Å². The molecule has 0 aromatic heterocycles. The highest BCUT2D eigenvalue weighted by Gasteiger charge is 1.97. The fraction of sp³-hybridized carbons (Fsp3) is 0.600. The lowest BCUT2D eigenvalue weighted by atomic mass is 10.1. The van der Waals surface area contributed by atoms with Gasteiger partial charge in [0.05, 0.1) is 0 Å². The first-order chi connectivity index (χ1) is 8.72. The monoisotopic (exact) mass is 360 g/mol. The van der Waals surface area contributed by atoms with E-state index in [2.05, 4.69) is 47.0 Å². The van der Waals surface area contributed by atoms with Crippen LogP contribution in [0.4, 0.5) is 5.69 Å². The van der Waals surface area contributed by atoms with E-state index in [0.717, 1.165) is 18.8 Å². The molecule has 3 N–H and O–H groups in total. The Morgan fingerprint density at radius 3 is 2.50 bits per heavy atom. The summed E-state index contributed by atoms with van der Waals surface area (Å²) in [6, 6.07) is 6.24. The van der Waals surface area contributed by atoms with Crippen molar-refractivity contribution < 1.29 is 0 Å². The molecule has 1 aromatic carbocycles. The molecule has 0 radical (unpaired) electrons. The number of unbranched alkanes of at least 4 members (excludes halogenated alkanes) is 5. The van der Waals surface area contributed by atoms with Crippen LogP contribution in [0.5, 0.6) is 0 Å². The van der Waals surface area contributed by atoms with Crippen molar-refractivity contribution in [3.63, 3.8) is 0 Å². The summed E-state index contributed by atoms with van der Waals surface area (Å²) in [6.07, 6.45) is 8.11. The van der Waals surface area contributed by atoms with Crippen molar-refractivity contribution in [2.75, 3.05) is 12.3 Å². The summed E-state index contributed by atoms with van der Waals surface area (Å²) in [5.74, 6) is 0. The first-order valence-electron chi connectivity index (χ1n) is 6.98. The molecule has 0 fully saturated rings. The number of nitrogens with two attached hydrogens (primary N) is 1. The van der Waals surface area contributed by atoms with Crippen molar-refractivity contribution >= 4 is 28.3 Å². The van der Waals surface area contributed by atoms with Crippen LogP contribution < -0.4 is 11.1 Å². The minimum absolute atomic E-state index is 0.860. The van der Waals surface area contributed by atoms with E-state index in [9.17, 15) is 0 Å². The van der Waals surface area contributed by atoms with E-state index in [0.29, 0.717) is 0 Å². The summed E-state index contributed by atoms with van der Waals surface area (Å²) in [7, 11) is 0. The molecule has 0 saturated heterocycles. The lowest BCUT2D eigenvalue weighted by molar-refractivity contribution is 0.572. The molecule has 0 aliphatic carbocycles. The van der Waals surface area contributed by atoms with Gasteiger partial charge in [0.1, 0.15) is 0 Å². The van der Waals surface area contributed by atoms with Gasteiger partial charge in [-0.2, -0.15) is 0 Å². The van der Waals surface area contributed by atoms with Crippen molar-refractivity contribution in [1.82, 2.24) is 5.32 Å². The zero-order valence-corrected chi connectivity index (χ0v) is 13.5. The summed E-state index contributed by atoms with van der Waals surface area (Å²) >= 11 is 2.31. The summed E-state index contributed by atoms with van der Waals surface area (Å²) in [5, 5.41) is 3.49. The Morgan fingerprint density at radius 1 is 1.06 bits per heavy atom. The fourth-order valence-corrected chi connectivity index (χ4v) is 2.80. The standard InChI is InChI=1S/C15H25IN2/c1-2-3-4-5-6-7-8-18-12-13-9-14(16)11-15(17)10-13/h9-11,18H,2-8,12,17H2,1H3. The van der Waals surface area contributed by atoms with Gasteiger partial charge in [0.25, 0.3) is 0 Å². The van der Waals surface area contributed by atoms with Crippen LogP contribution >= 0.6 is 22.6 Å². The molecule has 0 saturated carbocycles.